The molecular formula is C30H26ClF2N3O4. The van der Waals surface area contributed by atoms with Gasteiger partial charge in [-0.3, -0.25) is 14.6 Å². The zero-order valence-electron chi connectivity index (χ0n) is 21.6. The van der Waals surface area contributed by atoms with Crippen LogP contribution in [-0.4, -0.2) is 39.3 Å². The van der Waals surface area contributed by atoms with E-state index in [0.717, 1.165) is 12.1 Å². The normalized spacial score (nSPS) is 19.6. The highest BCUT2D eigenvalue weighted by Crippen LogP contribution is 2.37. The number of pyridine rings is 1. The van der Waals surface area contributed by atoms with Gasteiger partial charge in [0, 0.05) is 36.0 Å². The summed E-state index contributed by atoms with van der Waals surface area (Å²) >= 11 is 5.87. The number of nitrogens with one attached hydrogen (secondary N) is 1. The van der Waals surface area contributed by atoms with Gasteiger partial charge in [-0.15, -0.1) is 0 Å². The highest BCUT2D eigenvalue weighted by atomic mass is 35.5. The van der Waals surface area contributed by atoms with Crippen LogP contribution in [0.15, 0.2) is 54.7 Å². The number of hydrogen-bond acceptors (Lipinski definition) is 4. The van der Waals surface area contributed by atoms with E-state index in [9.17, 15) is 28.3 Å². The summed E-state index contributed by atoms with van der Waals surface area (Å²) in [5, 5.41) is 12.3. The van der Waals surface area contributed by atoms with Gasteiger partial charge in [0.2, 0.25) is 11.8 Å². The molecule has 2 amide bonds. The Labute approximate surface area is 234 Å². The Morgan fingerprint density at radius 1 is 1.12 bits per heavy atom. The molecule has 0 fully saturated rings. The minimum atomic E-state index is -1.10. The highest BCUT2D eigenvalue weighted by Gasteiger charge is 2.31. The molecule has 0 spiro atoms. The first kappa shape index (κ1) is 27.5. The SMILES string of the molecule is CC1CCCC(N2CCC(c3c(F)ccc(Cl)c3F)=CC2=O)c2cc(ccn2)-c2cc(C(=O)O)ccc2NC1=O. The van der Waals surface area contributed by atoms with Crippen LogP contribution in [0.1, 0.15) is 60.3 Å². The summed E-state index contributed by atoms with van der Waals surface area (Å²) < 4.78 is 29.2. The van der Waals surface area contributed by atoms with Crippen LogP contribution < -0.4 is 5.32 Å². The van der Waals surface area contributed by atoms with Crippen LogP contribution in [0.4, 0.5) is 14.5 Å². The number of aromatic nitrogens is 1. The van der Waals surface area contributed by atoms with Crippen molar-refractivity contribution in [2.75, 3.05) is 11.9 Å². The fourth-order valence-corrected chi connectivity index (χ4v) is 5.43. The van der Waals surface area contributed by atoms with Gasteiger partial charge < -0.3 is 15.3 Å². The predicted octanol–water partition coefficient (Wildman–Crippen LogP) is 6.49. The number of anilines is 1. The molecule has 0 aliphatic carbocycles. The highest BCUT2D eigenvalue weighted by molar-refractivity contribution is 6.31. The number of nitrogens with zero attached hydrogens (tertiary/aromatic N) is 2. The number of benzene rings is 2. The zero-order valence-corrected chi connectivity index (χ0v) is 22.3. The number of carboxylic acid groups (broad SMARTS) is 1. The molecule has 0 saturated heterocycles. The first-order valence-corrected chi connectivity index (χ1v) is 13.3. The van der Waals surface area contributed by atoms with Crippen LogP contribution in [-0.2, 0) is 9.59 Å². The number of carbonyl (C=O) groups is 3. The van der Waals surface area contributed by atoms with Gasteiger partial charge in [-0.1, -0.05) is 24.9 Å². The summed E-state index contributed by atoms with van der Waals surface area (Å²) in [6, 6.07) is 9.74. The average molecular weight is 566 g/mol. The van der Waals surface area contributed by atoms with E-state index < -0.39 is 29.6 Å². The summed E-state index contributed by atoms with van der Waals surface area (Å²) in [5.74, 6) is -3.74. The van der Waals surface area contributed by atoms with Crippen LogP contribution in [0.2, 0.25) is 5.02 Å². The maximum atomic E-state index is 14.7. The number of halogens is 3. The molecule has 1 aromatic heterocycles. The standard InChI is InChI=1S/C30H26ClF2N3O4/c1-16-3-2-4-25(36-12-10-18(15-26(36)37)27-22(32)7-6-21(31)28(27)33)24-14-17(9-11-34-24)20-13-19(30(39)40)5-8-23(20)35-29(16)38/h5-9,11,13-16,25H,2-4,10,12H2,1H3,(H,35,38)(H,39,40). The summed E-state index contributed by atoms with van der Waals surface area (Å²) in [4.78, 5) is 44.2. The number of hydrogen-bond donors (Lipinski definition) is 2. The molecule has 7 nitrogen and oxygen atoms in total. The fourth-order valence-electron chi connectivity index (χ4n) is 5.27. The van der Waals surface area contributed by atoms with Crippen molar-refractivity contribution in [1.29, 1.82) is 0 Å². The number of aromatic carboxylic acids is 1. The Bertz CT molecular complexity index is 1560. The maximum Gasteiger partial charge on any atom is 0.335 e. The molecule has 3 heterocycles. The molecule has 2 atom stereocenters. The number of carboxylic acids is 1. The molecule has 5 rings (SSSR count). The van der Waals surface area contributed by atoms with E-state index in [2.05, 4.69) is 10.3 Å². The first-order valence-electron chi connectivity index (χ1n) is 12.9. The van der Waals surface area contributed by atoms with E-state index in [1.54, 1.807) is 29.3 Å². The van der Waals surface area contributed by atoms with Crippen LogP contribution in [0, 0.1) is 17.6 Å². The zero-order chi connectivity index (χ0) is 28.6. The van der Waals surface area contributed by atoms with Gasteiger partial charge in [0.15, 0.2) is 5.82 Å². The molecule has 206 valence electrons. The molecule has 2 aliphatic rings. The van der Waals surface area contributed by atoms with Gasteiger partial charge in [-0.05, 0) is 72.9 Å². The Balaban J connectivity index is 1.56. The third-order valence-corrected chi connectivity index (χ3v) is 7.76. The van der Waals surface area contributed by atoms with Crippen molar-refractivity contribution in [2.45, 2.75) is 38.6 Å². The Hall–Kier alpha value is -4.11. The van der Waals surface area contributed by atoms with Crippen molar-refractivity contribution in [3.8, 4) is 11.1 Å². The van der Waals surface area contributed by atoms with Gasteiger partial charge in [0.25, 0.3) is 0 Å². The summed E-state index contributed by atoms with van der Waals surface area (Å²) in [7, 11) is 0. The third-order valence-electron chi connectivity index (χ3n) is 7.46. The first-order chi connectivity index (χ1) is 19.1. The molecule has 2 aliphatic heterocycles. The van der Waals surface area contributed by atoms with Gasteiger partial charge in [-0.25, -0.2) is 13.6 Å². The number of rotatable bonds is 3. The second kappa shape index (κ2) is 11.2. The van der Waals surface area contributed by atoms with Crippen molar-refractivity contribution >= 4 is 40.6 Å². The van der Waals surface area contributed by atoms with E-state index in [1.807, 2.05) is 6.92 Å². The van der Waals surface area contributed by atoms with Gasteiger partial charge in [0.05, 0.1) is 27.9 Å². The largest absolute Gasteiger partial charge is 0.478 e. The Morgan fingerprint density at radius 2 is 1.93 bits per heavy atom. The van der Waals surface area contributed by atoms with Gasteiger partial charge in [-0.2, -0.15) is 0 Å². The van der Waals surface area contributed by atoms with Crippen molar-refractivity contribution < 1.29 is 28.3 Å². The lowest BCUT2D eigenvalue weighted by Crippen LogP contribution is -2.38. The lowest BCUT2D eigenvalue weighted by molar-refractivity contribution is -0.129. The Kier molecular flexibility index (Phi) is 7.67. The molecular weight excluding hydrogens is 540 g/mol. The van der Waals surface area contributed by atoms with Gasteiger partial charge in [0.1, 0.15) is 5.82 Å². The second-order valence-corrected chi connectivity index (χ2v) is 10.4. The van der Waals surface area contributed by atoms with E-state index in [0.29, 0.717) is 41.8 Å². The molecule has 0 saturated carbocycles. The summed E-state index contributed by atoms with van der Waals surface area (Å²) in [5.41, 5.74) is 2.21. The molecule has 2 unspecified atom stereocenters. The quantitative estimate of drug-likeness (QED) is 0.353. The molecule has 2 aromatic carbocycles. The third kappa shape index (κ3) is 5.34. The van der Waals surface area contributed by atoms with Crippen molar-refractivity contribution in [2.24, 2.45) is 5.92 Å². The van der Waals surface area contributed by atoms with E-state index in [4.69, 9.17) is 11.6 Å². The van der Waals surface area contributed by atoms with Crippen LogP contribution in [0.5, 0.6) is 0 Å². The predicted molar refractivity (Wildman–Crippen MR) is 147 cm³/mol. The van der Waals surface area contributed by atoms with E-state index in [-0.39, 0.29) is 46.5 Å². The fraction of sp³-hybridized carbons (Fsp3) is 0.267. The molecule has 2 bridgehead atoms. The lowest BCUT2D eigenvalue weighted by Gasteiger charge is -2.34. The molecule has 10 heteroatoms. The smallest absolute Gasteiger partial charge is 0.335 e. The molecule has 3 aromatic rings. The second-order valence-electron chi connectivity index (χ2n) is 10.0. The molecule has 0 radical (unpaired) electrons. The van der Waals surface area contributed by atoms with Crippen LogP contribution >= 0.6 is 11.6 Å². The Morgan fingerprint density at radius 3 is 2.67 bits per heavy atom. The van der Waals surface area contributed by atoms with E-state index >= 15 is 0 Å². The minimum Gasteiger partial charge on any atom is -0.478 e. The average Bonchev–Trinajstić information content (AvgIpc) is 2.93. The van der Waals surface area contributed by atoms with Crippen molar-refractivity contribution in [3.63, 3.8) is 0 Å². The lowest BCUT2D eigenvalue weighted by atomic mass is 9.92. The number of fused-ring (bicyclic) bond motifs is 4. The molecule has 2 N–H and O–H groups in total. The number of carbonyl (C=O) groups excluding carboxylic acids is 2. The van der Waals surface area contributed by atoms with Crippen LogP contribution in [0.25, 0.3) is 16.7 Å². The van der Waals surface area contributed by atoms with Gasteiger partial charge >= 0.3 is 5.97 Å². The van der Waals surface area contributed by atoms with E-state index in [1.165, 1.54) is 18.2 Å². The van der Waals surface area contributed by atoms with Crippen LogP contribution in [0.3, 0.4) is 0 Å². The maximum absolute atomic E-state index is 14.7. The topological polar surface area (TPSA) is 99.6 Å². The summed E-state index contributed by atoms with van der Waals surface area (Å²) in [6.45, 7) is 2.01. The van der Waals surface area contributed by atoms with Crippen molar-refractivity contribution in [1.82, 2.24) is 9.88 Å². The van der Waals surface area contributed by atoms with Crippen molar-refractivity contribution in [3.05, 3.63) is 88.2 Å². The summed E-state index contributed by atoms with van der Waals surface area (Å²) in [6.07, 6.45) is 4.70. The molecule has 40 heavy (non-hydrogen) atoms. The minimum absolute atomic E-state index is 0.0624. The number of amides is 2. The monoisotopic (exact) mass is 565 g/mol.